The summed E-state index contributed by atoms with van der Waals surface area (Å²) in [6, 6.07) is 4.34. The number of carbonyl (C=O) groups is 1. The van der Waals surface area contributed by atoms with Gasteiger partial charge in [0.2, 0.25) is 0 Å². The Morgan fingerprint density at radius 1 is 1.55 bits per heavy atom. The molecule has 108 valence electrons. The number of hydrogen-bond donors (Lipinski definition) is 2. The number of amides is 1. The molecule has 2 N–H and O–H groups in total. The molecule has 0 aromatic heterocycles. The van der Waals surface area contributed by atoms with Gasteiger partial charge in [-0.05, 0) is 30.7 Å². The van der Waals surface area contributed by atoms with Gasteiger partial charge in [-0.3, -0.25) is 14.9 Å². The molecule has 1 aromatic carbocycles. The molecule has 0 spiro atoms. The average molecular weight is 295 g/mol. The monoisotopic (exact) mass is 295 g/mol. The highest BCUT2D eigenvalue weighted by Crippen LogP contribution is 2.26. The minimum atomic E-state index is -0.470. The summed E-state index contributed by atoms with van der Waals surface area (Å²) in [4.78, 5) is 22.4. The number of anilines is 1. The maximum atomic E-state index is 12.0. The normalized spacial score (nSPS) is 17.8. The first-order chi connectivity index (χ1) is 9.61. The second-order valence-electron chi connectivity index (χ2n) is 4.58. The van der Waals surface area contributed by atoms with Crippen molar-refractivity contribution in [2.45, 2.75) is 18.1 Å². The molecule has 1 heterocycles. The molecule has 1 unspecified atom stereocenters. The summed E-state index contributed by atoms with van der Waals surface area (Å²) in [6.45, 7) is 0.648. The zero-order chi connectivity index (χ0) is 14.5. The van der Waals surface area contributed by atoms with Crippen molar-refractivity contribution < 1.29 is 9.72 Å². The number of benzene rings is 1. The van der Waals surface area contributed by atoms with E-state index < -0.39 is 4.92 Å². The van der Waals surface area contributed by atoms with Crippen molar-refractivity contribution in [3.05, 3.63) is 33.9 Å². The van der Waals surface area contributed by atoms with Crippen molar-refractivity contribution in [3.63, 3.8) is 0 Å². The van der Waals surface area contributed by atoms with E-state index in [2.05, 4.69) is 10.6 Å². The molecule has 1 amide bonds. The Bertz CT molecular complexity index is 516. The third kappa shape index (κ3) is 3.41. The lowest BCUT2D eigenvalue weighted by atomic mass is 10.1. The lowest BCUT2D eigenvalue weighted by Gasteiger charge is -2.11. The topological polar surface area (TPSA) is 84.3 Å². The van der Waals surface area contributed by atoms with E-state index in [0.717, 1.165) is 12.2 Å². The minimum Gasteiger partial charge on any atom is -0.383 e. The summed E-state index contributed by atoms with van der Waals surface area (Å²) in [6.07, 6.45) is 2.33. The van der Waals surface area contributed by atoms with Crippen LogP contribution in [0.4, 0.5) is 11.4 Å². The number of nitrogens with zero attached hydrogens (tertiary/aromatic N) is 1. The van der Waals surface area contributed by atoms with Crippen LogP contribution in [-0.4, -0.2) is 35.4 Å². The van der Waals surface area contributed by atoms with Crippen LogP contribution in [0.15, 0.2) is 18.2 Å². The minimum absolute atomic E-state index is 0.0320. The van der Waals surface area contributed by atoms with Crippen LogP contribution < -0.4 is 10.6 Å². The first-order valence-corrected chi connectivity index (χ1v) is 7.52. The molecule has 1 aliphatic heterocycles. The molecule has 0 saturated carbocycles. The van der Waals surface area contributed by atoms with E-state index >= 15 is 0 Å². The maximum absolute atomic E-state index is 12.0. The molecule has 6 nitrogen and oxygen atoms in total. The van der Waals surface area contributed by atoms with Gasteiger partial charge in [-0.1, -0.05) is 0 Å². The van der Waals surface area contributed by atoms with Crippen LogP contribution >= 0.6 is 11.8 Å². The molecule has 2 rings (SSSR count). The van der Waals surface area contributed by atoms with Gasteiger partial charge in [-0.25, -0.2) is 0 Å². The van der Waals surface area contributed by atoms with Crippen LogP contribution in [0, 0.1) is 10.1 Å². The first kappa shape index (κ1) is 14.6. The van der Waals surface area contributed by atoms with Crippen LogP contribution in [-0.2, 0) is 0 Å². The van der Waals surface area contributed by atoms with Gasteiger partial charge in [0, 0.05) is 30.5 Å². The Balaban J connectivity index is 2.03. The quantitative estimate of drug-likeness (QED) is 0.643. The summed E-state index contributed by atoms with van der Waals surface area (Å²) in [7, 11) is 1.60. The van der Waals surface area contributed by atoms with Crippen LogP contribution in [0.25, 0.3) is 0 Å². The second-order valence-corrected chi connectivity index (χ2v) is 5.99. The largest absolute Gasteiger partial charge is 0.383 e. The van der Waals surface area contributed by atoms with Crippen LogP contribution in [0.1, 0.15) is 23.2 Å². The molecule has 0 aliphatic carbocycles. The predicted octanol–water partition coefficient (Wildman–Crippen LogP) is 2.26. The smallest absolute Gasteiger partial charge is 0.292 e. The molecule has 0 radical (unpaired) electrons. The third-order valence-electron chi connectivity index (χ3n) is 3.24. The standard InChI is InChI=1S/C13H17N3O3S/c1-14-11-7-9(4-5-12(11)16(18)19)13(17)15-8-10-3-2-6-20-10/h4-5,7,10,14H,2-3,6,8H2,1H3,(H,15,17). The highest BCUT2D eigenvalue weighted by atomic mass is 32.2. The average Bonchev–Trinajstić information content (AvgIpc) is 2.97. The number of hydrogen-bond acceptors (Lipinski definition) is 5. The first-order valence-electron chi connectivity index (χ1n) is 6.48. The maximum Gasteiger partial charge on any atom is 0.292 e. The molecule has 7 heteroatoms. The number of nitrogens with one attached hydrogen (secondary N) is 2. The molecular formula is C13H17N3O3S. The molecule has 20 heavy (non-hydrogen) atoms. The Morgan fingerprint density at radius 3 is 2.95 bits per heavy atom. The molecule has 0 bridgehead atoms. The number of nitro benzene ring substituents is 1. The second kappa shape index (κ2) is 6.60. The molecule has 1 atom stereocenters. The number of carbonyl (C=O) groups excluding carboxylic acids is 1. The Hall–Kier alpha value is -1.76. The van der Waals surface area contributed by atoms with Gasteiger partial charge >= 0.3 is 0 Å². The molecule has 1 fully saturated rings. The number of nitro groups is 1. The predicted molar refractivity (Wildman–Crippen MR) is 80.5 cm³/mol. The Labute approximate surface area is 121 Å². The van der Waals surface area contributed by atoms with Crippen molar-refractivity contribution in [1.29, 1.82) is 0 Å². The van der Waals surface area contributed by atoms with Crippen molar-refractivity contribution in [2.24, 2.45) is 0 Å². The van der Waals surface area contributed by atoms with E-state index in [-0.39, 0.29) is 11.6 Å². The molecular weight excluding hydrogens is 278 g/mol. The van der Waals surface area contributed by atoms with Gasteiger partial charge in [0.1, 0.15) is 5.69 Å². The van der Waals surface area contributed by atoms with Crippen molar-refractivity contribution in [3.8, 4) is 0 Å². The lowest BCUT2D eigenvalue weighted by molar-refractivity contribution is -0.383. The zero-order valence-corrected chi connectivity index (χ0v) is 12.0. The van der Waals surface area contributed by atoms with Gasteiger partial charge in [-0.2, -0.15) is 11.8 Å². The highest BCUT2D eigenvalue weighted by Gasteiger charge is 2.18. The van der Waals surface area contributed by atoms with E-state index in [4.69, 9.17) is 0 Å². The third-order valence-corrected chi connectivity index (χ3v) is 4.64. The summed E-state index contributed by atoms with van der Waals surface area (Å²) >= 11 is 1.88. The fourth-order valence-corrected chi connectivity index (χ4v) is 3.35. The van der Waals surface area contributed by atoms with Gasteiger partial charge in [0.25, 0.3) is 11.6 Å². The summed E-state index contributed by atoms with van der Waals surface area (Å²) < 4.78 is 0. The summed E-state index contributed by atoms with van der Waals surface area (Å²) in [5, 5.41) is 16.9. The summed E-state index contributed by atoms with van der Waals surface area (Å²) in [5.41, 5.74) is 0.747. The van der Waals surface area contributed by atoms with E-state index in [9.17, 15) is 14.9 Å². The zero-order valence-electron chi connectivity index (χ0n) is 11.2. The van der Waals surface area contributed by atoms with E-state index in [1.165, 1.54) is 24.6 Å². The number of thioether (sulfide) groups is 1. The fraction of sp³-hybridized carbons (Fsp3) is 0.462. The fourth-order valence-electron chi connectivity index (χ4n) is 2.15. The van der Waals surface area contributed by atoms with Crippen LogP contribution in [0.2, 0.25) is 0 Å². The van der Waals surface area contributed by atoms with Crippen molar-refractivity contribution in [1.82, 2.24) is 5.32 Å². The molecule has 1 saturated heterocycles. The Morgan fingerprint density at radius 2 is 2.35 bits per heavy atom. The van der Waals surface area contributed by atoms with Gasteiger partial charge in [-0.15, -0.1) is 0 Å². The van der Waals surface area contributed by atoms with Crippen LogP contribution in [0.3, 0.4) is 0 Å². The van der Waals surface area contributed by atoms with Crippen LogP contribution in [0.5, 0.6) is 0 Å². The highest BCUT2D eigenvalue weighted by molar-refractivity contribution is 8.00. The molecule has 1 aliphatic rings. The lowest BCUT2D eigenvalue weighted by Crippen LogP contribution is -2.29. The van der Waals surface area contributed by atoms with E-state index in [0.29, 0.717) is 23.0 Å². The SMILES string of the molecule is CNc1cc(C(=O)NCC2CCCS2)ccc1[N+](=O)[O-]. The Kier molecular flexibility index (Phi) is 4.84. The molecule has 1 aromatic rings. The van der Waals surface area contributed by atoms with Crippen molar-refractivity contribution >= 4 is 29.0 Å². The van der Waals surface area contributed by atoms with E-state index in [1.807, 2.05) is 11.8 Å². The number of rotatable bonds is 5. The van der Waals surface area contributed by atoms with Gasteiger partial charge < -0.3 is 10.6 Å². The van der Waals surface area contributed by atoms with Gasteiger partial charge in [0.15, 0.2) is 0 Å². The van der Waals surface area contributed by atoms with E-state index in [1.54, 1.807) is 7.05 Å². The van der Waals surface area contributed by atoms with Gasteiger partial charge in [0.05, 0.1) is 4.92 Å². The van der Waals surface area contributed by atoms with Crippen molar-refractivity contribution in [2.75, 3.05) is 24.7 Å². The summed E-state index contributed by atoms with van der Waals surface area (Å²) in [5.74, 6) is 0.964.